The highest BCUT2D eigenvalue weighted by molar-refractivity contribution is 6.34. The highest BCUT2D eigenvalue weighted by Gasteiger charge is 2.14. The quantitative estimate of drug-likeness (QED) is 0.462. The van der Waals surface area contributed by atoms with Crippen molar-refractivity contribution in [2.24, 2.45) is 5.10 Å². The van der Waals surface area contributed by atoms with Crippen LogP contribution in [0.5, 0.6) is 0 Å². The first kappa shape index (κ1) is 18.0. The summed E-state index contributed by atoms with van der Waals surface area (Å²) in [5, 5.41) is 6.67. The van der Waals surface area contributed by atoms with Gasteiger partial charge in [0.15, 0.2) is 6.29 Å². The molecular formula is C16H19ClN4O3. The molecule has 1 aliphatic rings. The summed E-state index contributed by atoms with van der Waals surface area (Å²) in [7, 11) is 0. The first-order chi connectivity index (χ1) is 11.6. The van der Waals surface area contributed by atoms with Crippen molar-refractivity contribution in [3.05, 3.63) is 41.2 Å². The summed E-state index contributed by atoms with van der Waals surface area (Å²) < 4.78 is 5.32. The minimum absolute atomic E-state index is 0.299. The number of benzene rings is 1. The first-order valence-corrected chi connectivity index (χ1v) is 7.82. The number of hydrogen-bond acceptors (Lipinski definition) is 6. The fraction of sp³-hybridized carbons (Fsp3) is 0.312. The van der Waals surface area contributed by atoms with Crippen LogP contribution in [0.15, 0.2) is 35.7 Å². The molecule has 1 saturated heterocycles. The maximum atomic E-state index is 12.1. The highest BCUT2D eigenvalue weighted by Crippen LogP contribution is 2.24. The van der Waals surface area contributed by atoms with Crippen LogP contribution in [0.3, 0.4) is 0 Å². The van der Waals surface area contributed by atoms with Crippen LogP contribution in [0.25, 0.3) is 0 Å². The molecule has 7 nitrogen and oxygen atoms in total. The number of carbonyl (C=O) groups is 2. The van der Waals surface area contributed by atoms with Gasteiger partial charge in [-0.1, -0.05) is 11.6 Å². The van der Waals surface area contributed by atoms with Crippen molar-refractivity contribution in [1.82, 2.24) is 10.7 Å². The van der Waals surface area contributed by atoms with Gasteiger partial charge in [-0.2, -0.15) is 5.10 Å². The molecule has 1 aliphatic heterocycles. The number of rotatable bonds is 6. The molecule has 0 aliphatic carbocycles. The van der Waals surface area contributed by atoms with Crippen LogP contribution in [0.4, 0.5) is 5.69 Å². The zero-order chi connectivity index (χ0) is 17.4. The molecular weight excluding hydrogens is 332 g/mol. The fourth-order valence-corrected chi connectivity index (χ4v) is 2.36. The van der Waals surface area contributed by atoms with Crippen molar-refractivity contribution in [2.45, 2.75) is 6.92 Å². The highest BCUT2D eigenvalue weighted by atomic mass is 35.5. The Morgan fingerprint density at radius 2 is 2.08 bits per heavy atom. The number of nitrogens with zero attached hydrogens (tertiary/aromatic N) is 2. The minimum atomic E-state index is -0.331. The van der Waals surface area contributed by atoms with E-state index < -0.39 is 0 Å². The zero-order valence-electron chi connectivity index (χ0n) is 13.3. The second kappa shape index (κ2) is 9.05. The van der Waals surface area contributed by atoms with Crippen molar-refractivity contribution in [2.75, 3.05) is 31.2 Å². The molecule has 0 atom stereocenters. The summed E-state index contributed by atoms with van der Waals surface area (Å²) >= 11 is 6.22. The SMILES string of the molecule is C/C(C=O)=N\N/C=C/NC(=O)c1ccc(N2CCOCC2)cc1Cl. The van der Waals surface area contributed by atoms with Crippen LogP contribution in [-0.2, 0) is 9.53 Å². The number of anilines is 1. The smallest absolute Gasteiger partial charge is 0.256 e. The third kappa shape index (κ3) is 5.07. The van der Waals surface area contributed by atoms with Gasteiger partial charge in [0.25, 0.3) is 5.91 Å². The van der Waals surface area contributed by atoms with Crippen molar-refractivity contribution < 1.29 is 14.3 Å². The zero-order valence-corrected chi connectivity index (χ0v) is 14.0. The van der Waals surface area contributed by atoms with Gasteiger partial charge in [-0.25, -0.2) is 0 Å². The fourth-order valence-electron chi connectivity index (χ4n) is 2.10. The van der Waals surface area contributed by atoms with Gasteiger partial charge >= 0.3 is 0 Å². The molecule has 2 rings (SSSR count). The molecule has 0 radical (unpaired) electrons. The summed E-state index contributed by atoms with van der Waals surface area (Å²) in [6.07, 6.45) is 3.41. The van der Waals surface area contributed by atoms with Crippen LogP contribution < -0.4 is 15.6 Å². The van der Waals surface area contributed by atoms with E-state index in [0.29, 0.717) is 35.8 Å². The van der Waals surface area contributed by atoms with Gasteiger partial charge in [0, 0.05) is 31.2 Å². The Morgan fingerprint density at radius 1 is 1.33 bits per heavy atom. The lowest BCUT2D eigenvalue weighted by Crippen LogP contribution is -2.36. The van der Waals surface area contributed by atoms with Gasteiger partial charge < -0.3 is 15.0 Å². The van der Waals surface area contributed by atoms with Gasteiger partial charge in [0.05, 0.1) is 29.5 Å². The van der Waals surface area contributed by atoms with Gasteiger partial charge in [-0.3, -0.25) is 15.0 Å². The van der Waals surface area contributed by atoms with Crippen LogP contribution in [0.1, 0.15) is 17.3 Å². The molecule has 0 bridgehead atoms. The molecule has 128 valence electrons. The summed E-state index contributed by atoms with van der Waals surface area (Å²) in [6, 6.07) is 5.34. The maximum Gasteiger partial charge on any atom is 0.256 e. The first-order valence-electron chi connectivity index (χ1n) is 7.45. The van der Waals surface area contributed by atoms with E-state index >= 15 is 0 Å². The molecule has 1 heterocycles. The van der Waals surface area contributed by atoms with Gasteiger partial charge in [0.1, 0.15) is 0 Å². The summed E-state index contributed by atoms with van der Waals surface area (Å²) in [6.45, 7) is 4.53. The van der Waals surface area contributed by atoms with E-state index in [1.54, 1.807) is 19.1 Å². The lowest BCUT2D eigenvalue weighted by Gasteiger charge is -2.29. The molecule has 0 saturated carbocycles. The molecule has 0 spiro atoms. The monoisotopic (exact) mass is 350 g/mol. The molecule has 24 heavy (non-hydrogen) atoms. The van der Waals surface area contributed by atoms with E-state index in [0.717, 1.165) is 18.8 Å². The molecule has 1 amide bonds. The number of hydrogen-bond donors (Lipinski definition) is 2. The Kier molecular flexibility index (Phi) is 6.77. The number of hydrazone groups is 1. The Morgan fingerprint density at radius 3 is 2.75 bits per heavy atom. The summed E-state index contributed by atoms with van der Waals surface area (Å²) in [4.78, 5) is 24.6. The molecule has 1 aromatic carbocycles. The van der Waals surface area contributed by atoms with E-state index in [4.69, 9.17) is 16.3 Å². The Bertz CT molecular complexity index is 655. The normalized spacial score (nSPS) is 15.4. The second-order valence-corrected chi connectivity index (χ2v) is 5.48. The van der Waals surface area contributed by atoms with Gasteiger partial charge in [-0.15, -0.1) is 0 Å². The van der Waals surface area contributed by atoms with Crippen LogP contribution >= 0.6 is 11.6 Å². The van der Waals surface area contributed by atoms with Crippen LogP contribution in [0, 0.1) is 0 Å². The average Bonchev–Trinajstić information content (AvgIpc) is 2.61. The summed E-state index contributed by atoms with van der Waals surface area (Å²) in [5.41, 5.74) is 4.17. The third-order valence-corrected chi connectivity index (χ3v) is 3.67. The van der Waals surface area contributed by atoms with E-state index in [1.165, 1.54) is 12.4 Å². The van der Waals surface area contributed by atoms with E-state index in [9.17, 15) is 9.59 Å². The van der Waals surface area contributed by atoms with Crippen molar-refractivity contribution >= 4 is 35.2 Å². The van der Waals surface area contributed by atoms with E-state index in [1.807, 2.05) is 6.07 Å². The van der Waals surface area contributed by atoms with Crippen molar-refractivity contribution in [3.8, 4) is 0 Å². The van der Waals surface area contributed by atoms with Crippen molar-refractivity contribution in [1.29, 1.82) is 0 Å². The number of ether oxygens (including phenoxy) is 1. The van der Waals surface area contributed by atoms with Crippen molar-refractivity contribution in [3.63, 3.8) is 0 Å². The minimum Gasteiger partial charge on any atom is -0.378 e. The van der Waals surface area contributed by atoms with Gasteiger partial charge in [-0.05, 0) is 25.1 Å². The summed E-state index contributed by atoms with van der Waals surface area (Å²) in [5.74, 6) is -0.331. The lowest BCUT2D eigenvalue weighted by atomic mass is 10.1. The second-order valence-electron chi connectivity index (χ2n) is 5.07. The molecule has 1 fully saturated rings. The van der Waals surface area contributed by atoms with E-state index in [2.05, 4.69) is 20.7 Å². The number of halogens is 1. The lowest BCUT2D eigenvalue weighted by molar-refractivity contribution is -0.102. The Labute approximate surface area is 145 Å². The topological polar surface area (TPSA) is 83.0 Å². The average molecular weight is 351 g/mol. The van der Waals surface area contributed by atoms with Crippen LogP contribution in [0.2, 0.25) is 5.02 Å². The number of amides is 1. The third-order valence-electron chi connectivity index (χ3n) is 3.36. The largest absolute Gasteiger partial charge is 0.378 e. The van der Waals surface area contributed by atoms with Gasteiger partial charge in [0.2, 0.25) is 0 Å². The number of aldehydes is 1. The predicted molar refractivity (Wildman–Crippen MR) is 93.4 cm³/mol. The van der Waals surface area contributed by atoms with E-state index in [-0.39, 0.29) is 5.91 Å². The number of morpholine rings is 1. The molecule has 8 heteroatoms. The molecule has 1 aromatic rings. The Balaban J connectivity index is 1.94. The number of nitrogens with one attached hydrogen (secondary N) is 2. The maximum absolute atomic E-state index is 12.1. The standard InChI is InChI=1S/C16H19ClN4O3/c1-12(11-22)20-19-5-4-18-16(23)14-3-2-13(10-15(14)17)21-6-8-24-9-7-21/h2-5,10-11,19H,6-9H2,1H3,(H,18,23)/b5-4+,20-12+. The predicted octanol–water partition coefficient (Wildman–Crippen LogP) is 1.54. The molecule has 0 aromatic heterocycles. The number of carbonyl (C=O) groups excluding carboxylic acids is 2. The molecule has 0 unspecified atom stereocenters. The Hall–Kier alpha value is -2.38. The molecule has 2 N–H and O–H groups in total. The van der Waals surface area contributed by atoms with Crippen LogP contribution in [-0.4, -0.2) is 44.2 Å².